The van der Waals surface area contributed by atoms with Crippen molar-refractivity contribution in [3.05, 3.63) is 0 Å². The lowest BCUT2D eigenvalue weighted by molar-refractivity contribution is -0.0449. The first-order valence-electron chi connectivity index (χ1n) is 3.80. The molecule has 0 spiro atoms. The average Bonchev–Trinajstić information content (AvgIpc) is 2.02. The van der Waals surface area contributed by atoms with Gasteiger partial charge < -0.3 is 4.74 Å². The lowest BCUT2D eigenvalue weighted by Crippen LogP contribution is -2.41. The van der Waals surface area contributed by atoms with Crippen molar-refractivity contribution in [1.29, 1.82) is 0 Å². The first kappa shape index (κ1) is 13.7. The van der Waals surface area contributed by atoms with Crippen molar-refractivity contribution >= 4 is 10.1 Å². The van der Waals surface area contributed by atoms with E-state index in [4.69, 9.17) is 4.55 Å². The molecule has 0 aliphatic carbocycles. The molecular weight excluding hydrogens is 225 g/mol. The van der Waals surface area contributed by atoms with Crippen LogP contribution in [0.25, 0.3) is 0 Å². The summed E-state index contributed by atoms with van der Waals surface area (Å²) in [7, 11) is -5.73. The summed E-state index contributed by atoms with van der Waals surface area (Å²) in [5.41, 5.74) is 0. The molecule has 4 nitrogen and oxygen atoms in total. The molecule has 1 N–H and O–H groups in total. The summed E-state index contributed by atoms with van der Waals surface area (Å²) >= 11 is 0. The maximum atomic E-state index is 12.6. The highest BCUT2D eigenvalue weighted by Gasteiger charge is 2.52. The lowest BCUT2D eigenvalue weighted by Gasteiger charge is -2.17. The predicted molar refractivity (Wildman–Crippen MR) is 42.5 cm³/mol. The minimum Gasteiger partial charge on any atom is -0.378 e. The van der Waals surface area contributed by atoms with Crippen LogP contribution in [0.2, 0.25) is 0 Å². The molecule has 0 amide bonds. The van der Waals surface area contributed by atoms with Crippen LogP contribution in [-0.2, 0) is 14.9 Å². The molecule has 0 saturated carbocycles. The summed E-state index contributed by atoms with van der Waals surface area (Å²) in [6.07, 6.45) is -2.58. The highest BCUT2D eigenvalue weighted by molar-refractivity contribution is 7.86. The molecule has 0 aromatic carbocycles. The van der Waals surface area contributed by atoms with Crippen LogP contribution < -0.4 is 0 Å². The van der Waals surface area contributed by atoms with Crippen LogP contribution in [-0.4, -0.2) is 37.6 Å². The van der Waals surface area contributed by atoms with E-state index in [1.54, 1.807) is 6.92 Å². The van der Waals surface area contributed by atoms with Gasteiger partial charge in [0.05, 0.1) is 6.61 Å². The first-order valence-corrected chi connectivity index (χ1v) is 5.24. The quantitative estimate of drug-likeness (QED) is 0.556. The fourth-order valence-corrected chi connectivity index (χ4v) is 0.981. The standard InChI is InChI=1S/C6H11F3O4S/c1-2-3-13-4-5(7)6(8,9)14(10,11)12/h5H,2-4H2,1H3,(H,10,11,12). The van der Waals surface area contributed by atoms with Gasteiger partial charge in [-0.3, -0.25) is 4.55 Å². The molecule has 0 bridgehead atoms. The average molecular weight is 236 g/mol. The summed E-state index contributed by atoms with van der Waals surface area (Å²) in [6, 6.07) is 0. The van der Waals surface area contributed by atoms with Crippen LogP contribution in [0.4, 0.5) is 13.2 Å². The molecule has 0 fully saturated rings. The van der Waals surface area contributed by atoms with E-state index in [-0.39, 0.29) is 6.61 Å². The summed E-state index contributed by atoms with van der Waals surface area (Å²) in [5, 5.41) is -4.82. The van der Waals surface area contributed by atoms with Gasteiger partial charge in [0.2, 0.25) is 6.17 Å². The van der Waals surface area contributed by atoms with E-state index in [1.807, 2.05) is 0 Å². The smallest absolute Gasteiger partial charge is 0.378 e. The van der Waals surface area contributed by atoms with Crippen molar-refractivity contribution in [1.82, 2.24) is 0 Å². The molecule has 86 valence electrons. The number of halogens is 3. The Morgan fingerprint density at radius 3 is 2.36 bits per heavy atom. The zero-order valence-corrected chi connectivity index (χ0v) is 8.23. The minimum absolute atomic E-state index is 0.0436. The van der Waals surface area contributed by atoms with Gasteiger partial charge in [0.25, 0.3) is 0 Å². The van der Waals surface area contributed by atoms with Crippen molar-refractivity contribution in [2.45, 2.75) is 24.8 Å². The van der Waals surface area contributed by atoms with Crippen LogP contribution in [0.5, 0.6) is 0 Å². The Labute approximate surface area is 79.8 Å². The largest absolute Gasteiger partial charge is 0.402 e. The fraction of sp³-hybridized carbons (Fsp3) is 1.00. The van der Waals surface area contributed by atoms with Crippen molar-refractivity contribution in [2.75, 3.05) is 13.2 Å². The Hall–Kier alpha value is -0.340. The van der Waals surface area contributed by atoms with E-state index in [1.165, 1.54) is 0 Å². The molecule has 0 heterocycles. The highest BCUT2D eigenvalue weighted by atomic mass is 32.2. The molecule has 0 aliphatic heterocycles. The van der Waals surface area contributed by atoms with Gasteiger partial charge >= 0.3 is 15.4 Å². The second kappa shape index (κ2) is 4.94. The van der Waals surface area contributed by atoms with E-state index < -0.39 is 28.2 Å². The maximum absolute atomic E-state index is 12.6. The molecule has 0 rings (SSSR count). The summed E-state index contributed by atoms with van der Waals surface area (Å²) in [5.74, 6) is 0. The van der Waals surface area contributed by atoms with E-state index in [2.05, 4.69) is 4.74 Å². The summed E-state index contributed by atoms with van der Waals surface area (Å²) in [4.78, 5) is 0. The van der Waals surface area contributed by atoms with Gasteiger partial charge in [-0.1, -0.05) is 6.92 Å². The molecule has 0 radical (unpaired) electrons. The Morgan fingerprint density at radius 2 is 2.00 bits per heavy atom. The van der Waals surface area contributed by atoms with Crippen LogP contribution >= 0.6 is 0 Å². The molecule has 0 aromatic rings. The predicted octanol–water partition coefficient (Wildman–Crippen LogP) is 1.23. The van der Waals surface area contributed by atoms with Gasteiger partial charge in [-0.2, -0.15) is 17.2 Å². The molecular formula is C6H11F3O4S. The van der Waals surface area contributed by atoms with E-state index >= 15 is 0 Å². The van der Waals surface area contributed by atoms with Crippen LogP contribution in [0.1, 0.15) is 13.3 Å². The zero-order valence-electron chi connectivity index (χ0n) is 7.41. The minimum atomic E-state index is -5.73. The second-order valence-electron chi connectivity index (χ2n) is 2.58. The zero-order chi connectivity index (χ0) is 11.4. The van der Waals surface area contributed by atoms with E-state index in [0.717, 1.165) is 0 Å². The van der Waals surface area contributed by atoms with E-state index in [0.29, 0.717) is 6.42 Å². The summed E-state index contributed by atoms with van der Waals surface area (Å²) in [6.45, 7) is 0.650. The first-order chi connectivity index (χ1) is 6.23. The van der Waals surface area contributed by atoms with Gasteiger partial charge in [-0.15, -0.1) is 0 Å². The number of rotatable bonds is 6. The molecule has 8 heteroatoms. The Morgan fingerprint density at radius 1 is 1.50 bits per heavy atom. The fourth-order valence-electron chi connectivity index (χ4n) is 0.590. The van der Waals surface area contributed by atoms with Crippen molar-refractivity contribution in [2.24, 2.45) is 0 Å². The molecule has 14 heavy (non-hydrogen) atoms. The summed E-state index contributed by atoms with van der Waals surface area (Å²) < 4.78 is 70.0. The third-order valence-corrected chi connectivity index (χ3v) is 2.26. The van der Waals surface area contributed by atoms with Gasteiger partial charge in [0, 0.05) is 6.61 Å². The Bertz CT molecular complexity index is 264. The third kappa shape index (κ3) is 3.43. The van der Waals surface area contributed by atoms with Gasteiger partial charge in [0.15, 0.2) is 0 Å². The van der Waals surface area contributed by atoms with Crippen LogP contribution in [0, 0.1) is 0 Å². The molecule has 1 unspecified atom stereocenters. The highest BCUT2D eigenvalue weighted by Crippen LogP contribution is 2.27. The number of hydrogen-bond donors (Lipinski definition) is 1. The van der Waals surface area contributed by atoms with E-state index in [9.17, 15) is 21.6 Å². The number of ether oxygens (including phenoxy) is 1. The van der Waals surface area contributed by atoms with Gasteiger partial charge in [-0.25, -0.2) is 4.39 Å². The molecule has 0 saturated heterocycles. The van der Waals surface area contributed by atoms with Crippen LogP contribution in [0.15, 0.2) is 0 Å². The topological polar surface area (TPSA) is 63.6 Å². The maximum Gasteiger partial charge on any atom is 0.402 e. The SMILES string of the molecule is CCCOCC(F)C(F)(F)S(=O)(=O)O. The number of alkyl halides is 3. The monoisotopic (exact) mass is 236 g/mol. The Kier molecular flexibility index (Phi) is 4.82. The van der Waals surface area contributed by atoms with Gasteiger partial charge in [-0.05, 0) is 6.42 Å². The molecule has 0 aromatic heterocycles. The van der Waals surface area contributed by atoms with Crippen LogP contribution in [0.3, 0.4) is 0 Å². The second-order valence-corrected chi connectivity index (χ2v) is 4.07. The van der Waals surface area contributed by atoms with Crippen molar-refractivity contribution in [3.8, 4) is 0 Å². The third-order valence-electron chi connectivity index (χ3n) is 1.32. The van der Waals surface area contributed by atoms with Crippen molar-refractivity contribution in [3.63, 3.8) is 0 Å². The lowest BCUT2D eigenvalue weighted by atomic mass is 10.4. The van der Waals surface area contributed by atoms with Crippen molar-refractivity contribution < 1.29 is 30.9 Å². The van der Waals surface area contributed by atoms with Gasteiger partial charge in [0.1, 0.15) is 0 Å². The number of hydrogen-bond acceptors (Lipinski definition) is 3. The Balaban J connectivity index is 4.30. The molecule has 0 aliphatic rings. The normalized spacial score (nSPS) is 15.5. The molecule has 1 atom stereocenters.